The van der Waals surface area contributed by atoms with Gasteiger partial charge in [0.1, 0.15) is 12.3 Å². The van der Waals surface area contributed by atoms with Crippen molar-refractivity contribution in [1.82, 2.24) is 0 Å². The Morgan fingerprint density at radius 3 is 2.69 bits per heavy atom. The van der Waals surface area contributed by atoms with Crippen molar-refractivity contribution in [2.45, 2.75) is 24.9 Å². The SMILES string of the molecule is [NH3+]C1CC(O)Nc2ccc(C(F)(F)F)cc21. The number of anilines is 1. The summed E-state index contributed by atoms with van der Waals surface area (Å²) in [6.07, 6.45) is -4.77. The van der Waals surface area contributed by atoms with Crippen molar-refractivity contribution in [1.29, 1.82) is 0 Å². The second kappa shape index (κ2) is 3.64. The van der Waals surface area contributed by atoms with E-state index in [1.807, 2.05) is 0 Å². The fraction of sp³-hybridized carbons (Fsp3) is 0.400. The Kier molecular flexibility index (Phi) is 2.55. The summed E-state index contributed by atoms with van der Waals surface area (Å²) in [5.74, 6) is 0. The van der Waals surface area contributed by atoms with Crippen LogP contribution in [0.4, 0.5) is 18.9 Å². The molecule has 0 bridgehead atoms. The Hall–Kier alpha value is -1.27. The molecule has 0 aromatic heterocycles. The molecule has 1 aromatic rings. The second-order valence-corrected chi connectivity index (χ2v) is 3.89. The summed E-state index contributed by atoms with van der Waals surface area (Å²) in [7, 11) is 0. The number of benzene rings is 1. The average Bonchev–Trinajstić information content (AvgIpc) is 2.15. The zero-order valence-electron chi connectivity index (χ0n) is 8.38. The third-order valence-electron chi connectivity index (χ3n) is 2.65. The predicted octanol–water partition coefficient (Wildman–Crippen LogP) is 1.12. The maximum atomic E-state index is 12.5. The van der Waals surface area contributed by atoms with Gasteiger partial charge in [-0.3, -0.25) is 0 Å². The van der Waals surface area contributed by atoms with Crippen LogP contribution in [0.25, 0.3) is 0 Å². The number of aliphatic hydroxyl groups is 1. The van der Waals surface area contributed by atoms with Gasteiger partial charge in [0.05, 0.1) is 5.56 Å². The molecular formula is C10H12F3N2O+. The first-order valence-corrected chi connectivity index (χ1v) is 4.87. The van der Waals surface area contributed by atoms with Gasteiger partial charge in [-0.25, -0.2) is 0 Å². The smallest absolute Gasteiger partial charge is 0.374 e. The van der Waals surface area contributed by atoms with Crippen LogP contribution in [0.3, 0.4) is 0 Å². The fourth-order valence-electron chi connectivity index (χ4n) is 1.84. The van der Waals surface area contributed by atoms with Crippen molar-refractivity contribution >= 4 is 5.69 Å². The van der Waals surface area contributed by atoms with Gasteiger partial charge in [-0.05, 0) is 18.2 Å². The molecule has 2 atom stereocenters. The minimum absolute atomic E-state index is 0.314. The van der Waals surface area contributed by atoms with E-state index >= 15 is 0 Å². The van der Waals surface area contributed by atoms with E-state index < -0.39 is 18.0 Å². The monoisotopic (exact) mass is 233 g/mol. The number of quaternary nitrogens is 1. The minimum atomic E-state index is -4.34. The summed E-state index contributed by atoms with van der Waals surface area (Å²) in [4.78, 5) is 0. The number of hydrogen-bond acceptors (Lipinski definition) is 2. The highest BCUT2D eigenvalue weighted by atomic mass is 19.4. The first-order valence-electron chi connectivity index (χ1n) is 4.87. The third kappa shape index (κ3) is 1.98. The Bertz CT molecular complexity index is 406. The molecule has 5 N–H and O–H groups in total. The van der Waals surface area contributed by atoms with Gasteiger partial charge < -0.3 is 16.2 Å². The van der Waals surface area contributed by atoms with Crippen LogP contribution in [0.5, 0.6) is 0 Å². The van der Waals surface area contributed by atoms with Gasteiger partial charge in [0.15, 0.2) is 0 Å². The van der Waals surface area contributed by atoms with Gasteiger partial charge >= 0.3 is 6.18 Å². The van der Waals surface area contributed by atoms with Crippen LogP contribution >= 0.6 is 0 Å². The molecule has 16 heavy (non-hydrogen) atoms. The van der Waals surface area contributed by atoms with Gasteiger partial charge in [-0.2, -0.15) is 13.2 Å². The quantitative estimate of drug-likeness (QED) is 0.629. The molecule has 2 unspecified atom stereocenters. The molecule has 1 heterocycles. The number of halogens is 3. The van der Waals surface area contributed by atoms with Crippen LogP contribution in [-0.2, 0) is 6.18 Å². The van der Waals surface area contributed by atoms with Gasteiger partial charge in [-0.1, -0.05) is 0 Å². The van der Waals surface area contributed by atoms with E-state index in [4.69, 9.17) is 0 Å². The highest BCUT2D eigenvalue weighted by Gasteiger charge is 2.33. The van der Waals surface area contributed by atoms with E-state index in [9.17, 15) is 18.3 Å². The van der Waals surface area contributed by atoms with Crippen molar-refractivity contribution in [2.24, 2.45) is 0 Å². The second-order valence-electron chi connectivity index (χ2n) is 3.89. The molecule has 0 amide bonds. The number of rotatable bonds is 0. The molecule has 3 nitrogen and oxygen atoms in total. The lowest BCUT2D eigenvalue weighted by Gasteiger charge is -2.26. The van der Waals surface area contributed by atoms with Crippen molar-refractivity contribution in [2.75, 3.05) is 5.32 Å². The van der Waals surface area contributed by atoms with Crippen molar-refractivity contribution in [3.8, 4) is 0 Å². The zero-order chi connectivity index (χ0) is 11.9. The molecule has 0 spiro atoms. The molecule has 1 aliphatic heterocycles. The lowest BCUT2D eigenvalue weighted by Crippen LogP contribution is -2.56. The highest BCUT2D eigenvalue weighted by molar-refractivity contribution is 5.56. The van der Waals surface area contributed by atoms with Crippen LogP contribution in [-0.4, -0.2) is 11.3 Å². The Morgan fingerprint density at radius 1 is 1.38 bits per heavy atom. The van der Waals surface area contributed by atoms with E-state index in [1.54, 1.807) is 0 Å². The summed E-state index contributed by atoms with van der Waals surface area (Å²) in [5.41, 5.74) is 4.08. The van der Waals surface area contributed by atoms with E-state index in [0.717, 1.165) is 12.1 Å². The van der Waals surface area contributed by atoms with Gasteiger partial charge in [0.2, 0.25) is 0 Å². The number of hydrogen-bond donors (Lipinski definition) is 3. The van der Waals surface area contributed by atoms with Crippen LogP contribution < -0.4 is 11.1 Å². The third-order valence-corrected chi connectivity index (χ3v) is 2.65. The molecule has 0 radical (unpaired) electrons. The molecule has 0 saturated carbocycles. The molecule has 1 aromatic carbocycles. The van der Waals surface area contributed by atoms with E-state index in [0.29, 0.717) is 17.7 Å². The van der Waals surface area contributed by atoms with E-state index in [2.05, 4.69) is 11.1 Å². The maximum Gasteiger partial charge on any atom is 0.416 e. The van der Waals surface area contributed by atoms with Crippen LogP contribution in [0.15, 0.2) is 18.2 Å². The topological polar surface area (TPSA) is 59.9 Å². The fourth-order valence-corrected chi connectivity index (χ4v) is 1.84. The summed E-state index contributed by atoms with van der Waals surface area (Å²) >= 11 is 0. The normalized spacial score (nSPS) is 24.8. The molecule has 2 rings (SSSR count). The standard InChI is InChI=1S/C10H11F3N2O/c11-10(12,13)5-1-2-8-6(3-5)7(14)4-9(16)15-8/h1-3,7,9,15-16H,4,14H2/p+1. The largest absolute Gasteiger partial charge is 0.416 e. The Labute approximate surface area is 90.1 Å². The van der Waals surface area contributed by atoms with Crippen LogP contribution in [0.2, 0.25) is 0 Å². The predicted molar refractivity (Wildman–Crippen MR) is 51.3 cm³/mol. The summed E-state index contributed by atoms with van der Waals surface area (Å²) in [5, 5.41) is 12.1. The molecule has 88 valence electrons. The molecule has 0 aliphatic carbocycles. The van der Waals surface area contributed by atoms with Gasteiger partial charge in [0, 0.05) is 17.7 Å². The summed E-state index contributed by atoms with van der Waals surface area (Å²) in [6, 6.07) is 3.09. The number of nitrogens with one attached hydrogen (secondary N) is 1. The first kappa shape index (κ1) is 11.2. The summed E-state index contributed by atoms with van der Waals surface area (Å²) < 4.78 is 37.4. The number of aliphatic hydroxyl groups excluding tert-OH is 1. The average molecular weight is 233 g/mol. The maximum absolute atomic E-state index is 12.5. The Morgan fingerprint density at radius 2 is 2.06 bits per heavy atom. The molecule has 6 heteroatoms. The Balaban J connectivity index is 2.42. The number of alkyl halides is 3. The van der Waals surface area contributed by atoms with Crippen LogP contribution in [0.1, 0.15) is 23.6 Å². The van der Waals surface area contributed by atoms with Gasteiger partial charge in [0.25, 0.3) is 0 Å². The van der Waals surface area contributed by atoms with Crippen molar-refractivity contribution in [3.63, 3.8) is 0 Å². The molecule has 0 saturated heterocycles. The summed E-state index contributed by atoms with van der Waals surface area (Å²) in [6.45, 7) is 0. The van der Waals surface area contributed by atoms with Crippen molar-refractivity contribution < 1.29 is 24.0 Å². The lowest BCUT2D eigenvalue weighted by atomic mass is 9.95. The van der Waals surface area contributed by atoms with E-state index in [1.165, 1.54) is 6.07 Å². The van der Waals surface area contributed by atoms with Crippen molar-refractivity contribution in [3.05, 3.63) is 29.3 Å². The van der Waals surface area contributed by atoms with E-state index in [-0.39, 0.29) is 6.04 Å². The lowest BCUT2D eigenvalue weighted by molar-refractivity contribution is -0.431. The highest BCUT2D eigenvalue weighted by Crippen LogP contribution is 2.35. The molecular weight excluding hydrogens is 221 g/mol. The zero-order valence-corrected chi connectivity index (χ0v) is 8.38. The molecule has 1 aliphatic rings. The van der Waals surface area contributed by atoms with Crippen LogP contribution in [0, 0.1) is 0 Å². The molecule has 0 fully saturated rings. The van der Waals surface area contributed by atoms with Gasteiger partial charge in [-0.15, -0.1) is 0 Å². The number of fused-ring (bicyclic) bond motifs is 1. The minimum Gasteiger partial charge on any atom is -0.374 e. The first-order chi connectivity index (χ1) is 7.38.